The minimum atomic E-state index is -0.641. The quantitative estimate of drug-likeness (QED) is 0.630. The number of aryl methyl sites for hydroxylation is 1. The van der Waals surface area contributed by atoms with E-state index in [1.807, 2.05) is 0 Å². The molecule has 0 atom stereocenters. The fourth-order valence-corrected chi connectivity index (χ4v) is 1.98. The van der Waals surface area contributed by atoms with Gasteiger partial charge in [0, 0.05) is 5.69 Å². The number of carbonyl (C=O) groups is 2. The average molecular weight is 293 g/mol. The highest BCUT2D eigenvalue weighted by Crippen LogP contribution is 2.20. The lowest BCUT2D eigenvalue weighted by Crippen LogP contribution is -2.30. The molecule has 0 saturated carbocycles. The number of carbonyl (C=O) groups excluding carboxylic acids is 2. The molecule has 1 aromatic heterocycles. The largest absolute Gasteiger partial charge is 0.461 e. The molecule has 5 heteroatoms. The van der Waals surface area contributed by atoms with Crippen LogP contribution in [-0.4, -0.2) is 28.8 Å². The van der Waals surface area contributed by atoms with Crippen LogP contribution in [0.15, 0.2) is 18.7 Å². The molecule has 0 unspecified atom stereocenters. The van der Waals surface area contributed by atoms with Gasteiger partial charge in [-0.2, -0.15) is 0 Å². The number of nitrogens with zero attached hydrogens (tertiary/aromatic N) is 1. The third kappa shape index (κ3) is 4.21. The Morgan fingerprint density at radius 3 is 2.48 bits per heavy atom. The van der Waals surface area contributed by atoms with Gasteiger partial charge in [-0.15, -0.1) is 6.58 Å². The van der Waals surface area contributed by atoms with Crippen LogP contribution in [0.25, 0.3) is 0 Å². The van der Waals surface area contributed by atoms with Crippen LogP contribution in [0.4, 0.5) is 4.79 Å². The maximum absolute atomic E-state index is 12.3. The zero-order chi connectivity index (χ0) is 16.2. The molecule has 0 saturated heterocycles. The highest BCUT2D eigenvalue weighted by molar-refractivity contribution is 5.94. The van der Waals surface area contributed by atoms with E-state index in [4.69, 9.17) is 9.47 Å². The second-order valence-corrected chi connectivity index (χ2v) is 5.69. The minimum Gasteiger partial charge on any atom is -0.461 e. The molecule has 21 heavy (non-hydrogen) atoms. The summed E-state index contributed by atoms with van der Waals surface area (Å²) >= 11 is 0. The number of hydrogen-bond acceptors (Lipinski definition) is 4. The first kappa shape index (κ1) is 17.0. The summed E-state index contributed by atoms with van der Waals surface area (Å²) in [5.74, 6) is -0.534. The topological polar surface area (TPSA) is 57.5 Å². The summed E-state index contributed by atoms with van der Waals surface area (Å²) < 4.78 is 11.7. The third-order valence-corrected chi connectivity index (χ3v) is 2.67. The van der Waals surface area contributed by atoms with Crippen molar-refractivity contribution in [3.8, 4) is 0 Å². The van der Waals surface area contributed by atoms with Gasteiger partial charge in [0.2, 0.25) is 0 Å². The predicted molar refractivity (Wildman–Crippen MR) is 80.7 cm³/mol. The summed E-state index contributed by atoms with van der Waals surface area (Å²) in [6, 6.07) is 1.78. The van der Waals surface area contributed by atoms with Crippen LogP contribution in [0, 0.1) is 6.92 Å². The number of ether oxygens (including phenoxy) is 2. The fourth-order valence-electron chi connectivity index (χ4n) is 1.98. The molecular weight excluding hydrogens is 270 g/mol. The van der Waals surface area contributed by atoms with Crippen LogP contribution in [0.1, 0.15) is 49.4 Å². The zero-order valence-corrected chi connectivity index (χ0v) is 13.4. The Hall–Kier alpha value is -2.04. The van der Waals surface area contributed by atoms with E-state index >= 15 is 0 Å². The second-order valence-electron chi connectivity index (χ2n) is 5.69. The Bertz CT molecular complexity index is 549. The zero-order valence-electron chi connectivity index (χ0n) is 13.4. The van der Waals surface area contributed by atoms with E-state index < -0.39 is 17.7 Å². The van der Waals surface area contributed by atoms with Crippen LogP contribution in [0.3, 0.4) is 0 Å². The molecular formula is C16H23NO4. The van der Waals surface area contributed by atoms with Gasteiger partial charge < -0.3 is 9.47 Å². The van der Waals surface area contributed by atoms with E-state index in [0.29, 0.717) is 17.7 Å². The molecule has 0 spiro atoms. The van der Waals surface area contributed by atoms with E-state index in [9.17, 15) is 9.59 Å². The maximum Gasteiger partial charge on any atom is 0.419 e. The third-order valence-electron chi connectivity index (χ3n) is 2.67. The van der Waals surface area contributed by atoms with Crippen LogP contribution in [0.2, 0.25) is 0 Å². The first-order valence-electron chi connectivity index (χ1n) is 6.93. The molecule has 0 N–H and O–H groups in total. The van der Waals surface area contributed by atoms with Crippen molar-refractivity contribution in [2.24, 2.45) is 0 Å². The number of allylic oxidation sites excluding steroid dienone is 1. The predicted octanol–water partition coefficient (Wildman–Crippen LogP) is 3.48. The summed E-state index contributed by atoms with van der Waals surface area (Å²) in [6.07, 6.45) is 1.57. The Morgan fingerprint density at radius 2 is 2.00 bits per heavy atom. The van der Waals surface area contributed by atoms with Gasteiger partial charge in [0.1, 0.15) is 11.3 Å². The molecule has 5 nitrogen and oxygen atoms in total. The molecule has 1 heterocycles. The van der Waals surface area contributed by atoms with Gasteiger partial charge in [-0.05, 0) is 52.7 Å². The van der Waals surface area contributed by atoms with Gasteiger partial charge in [-0.25, -0.2) is 14.2 Å². The SMILES string of the molecule is C=CCc1cc(C)n(C(=O)OC(C)(C)C)c1C(=O)OCC. The van der Waals surface area contributed by atoms with Crippen LogP contribution in [-0.2, 0) is 15.9 Å². The normalized spacial score (nSPS) is 11.1. The molecule has 0 fully saturated rings. The molecule has 0 aliphatic rings. The number of aromatic nitrogens is 1. The molecule has 0 bridgehead atoms. The van der Waals surface area contributed by atoms with Gasteiger partial charge in [0.05, 0.1) is 6.61 Å². The summed E-state index contributed by atoms with van der Waals surface area (Å²) in [6.45, 7) is 12.7. The Labute approximate surface area is 125 Å². The van der Waals surface area contributed by atoms with Crippen molar-refractivity contribution in [3.63, 3.8) is 0 Å². The number of rotatable bonds is 4. The smallest absolute Gasteiger partial charge is 0.419 e. The standard InChI is InChI=1S/C16H23NO4/c1-7-9-12-10-11(3)17(13(12)14(18)20-8-2)15(19)21-16(4,5)6/h7,10H,1,8-9H2,2-6H3. The molecule has 0 amide bonds. The first-order valence-corrected chi connectivity index (χ1v) is 6.93. The summed E-state index contributed by atoms with van der Waals surface area (Å²) in [7, 11) is 0. The highest BCUT2D eigenvalue weighted by atomic mass is 16.6. The van der Waals surface area contributed by atoms with Crippen molar-refractivity contribution in [1.29, 1.82) is 0 Å². The number of hydrogen-bond donors (Lipinski definition) is 0. The van der Waals surface area contributed by atoms with Crippen molar-refractivity contribution >= 4 is 12.1 Å². The van der Waals surface area contributed by atoms with Gasteiger partial charge in [0.25, 0.3) is 0 Å². The van der Waals surface area contributed by atoms with E-state index in [0.717, 1.165) is 0 Å². The van der Waals surface area contributed by atoms with Crippen molar-refractivity contribution in [3.05, 3.63) is 35.7 Å². The van der Waals surface area contributed by atoms with E-state index in [1.54, 1.807) is 46.8 Å². The molecule has 1 rings (SSSR count). The molecule has 116 valence electrons. The lowest BCUT2D eigenvalue weighted by Gasteiger charge is -2.21. The molecule has 1 aromatic rings. The molecule has 0 aliphatic carbocycles. The Morgan fingerprint density at radius 1 is 1.38 bits per heavy atom. The lowest BCUT2D eigenvalue weighted by atomic mass is 10.1. The van der Waals surface area contributed by atoms with E-state index in [-0.39, 0.29) is 12.3 Å². The van der Waals surface area contributed by atoms with Gasteiger partial charge in [-0.3, -0.25) is 0 Å². The second kappa shape index (κ2) is 6.61. The highest BCUT2D eigenvalue weighted by Gasteiger charge is 2.27. The molecule has 0 radical (unpaired) electrons. The number of esters is 1. The van der Waals surface area contributed by atoms with E-state index in [2.05, 4.69) is 6.58 Å². The van der Waals surface area contributed by atoms with Gasteiger partial charge in [-0.1, -0.05) is 6.08 Å². The van der Waals surface area contributed by atoms with Crippen molar-refractivity contribution in [2.45, 2.75) is 46.6 Å². The van der Waals surface area contributed by atoms with Crippen LogP contribution >= 0.6 is 0 Å². The maximum atomic E-state index is 12.3. The fraction of sp³-hybridized carbons (Fsp3) is 0.500. The van der Waals surface area contributed by atoms with E-state index in [1.165, 1.54) is 4.57 Å². The minimum absolute atomic E-state index is 0.212. The van der Waals surface area contributed by atoms with Gasteiger partial charge >= 0.3 is 12.1 Å². The van der Waals surface area contributed by atoms with Crippen LogP contribution < -0.4 is 0 Å². The molecule has 0 aromatic carbocycles. The van der Waals surface area contributed by atoms with Gasteiger partial charge in [0.15, 0.2) is 0 Å². The monoisotopic (exact) mass is 293 g/mol. The van der Waals surface area contributed by atoms with Crippen molar-refractivity contribution in [1.82, 2.24) is 4.57 Å². The average Bonchev–Trinajstić information content (AvgIpc) is 2.64. The molecule has 0 aliphatic heterocycles. The van der Waals surface area contributed by atoms with Crippen molar-refractivity contribution < 1.29 is 19.1 Å². The Balaban J connectivity index is 3.32. The summed E-state index contributed by atoms with van der Waals surface area (Å²) in [5.41, 5.74) is 0.901. The summed E-state index contributed by atoms with van der Waals surface area (Å²) in [4.78, 5) is 24.5. The summed E-state index contributed by atoms with van der Waals surface area (Å²) in [5, 5.41) is 0. The van der Waals surface area contributed by atoms with Crippen LogP contribution in [0.5, 0.6) is 0 Å². The first-order chi connectivity index (χ1) is 9.71. The lowest BCUT2D eigenvalue weighted by molar-refractivity contribution is 0.0446. The Kier molecular flexibility index (Phi) is 5.35. The van der Waals surface area contributed by atoms with Crippen molar-refractivity contribution in [2.75, 3.05) is 6.61 Å².